The number of carbonyl (C=O) groups is 1. The van der Waals surface area contributed by atoms with E-state index in [4.69, 9.17) is 11.6 Å². The summed E-state index contributed by atoms with van der Waals surface area (Å²) in [5.74, 6) is -0.153. The summed E-state index contributed by atoms with van der Waals surface area (Å²) in [6.07, 6.45) is 0.949. The molecular formula is C19H23ClN3O3S+. The molecule has 1 amide bonds. The first-order chi connectivity index (χ1) is 12.8. The van der Waals surface area contributed by atoms with Crippen molar-refractivity contribution in [2.24, 2.45) is 0 Å². The van der Waals surface area contributed by atoms with Crippen LogP contribution in [0, 0.1) is 0 Å². The number of carbonyl (C=O) groups excluding carboxylic acids is 1. The van der Waals surface area contributed by atoms with Crippen molar-refractivity contribution in [1.82, 2.24) is 4.31 Å². The highest BCUT2D eigenvalue weighted by molar-refractivity contribution is 7.89. The largest absolute Gasteiger partial charge is 0.323 e. The molecule has 0 saturated carbocycles. The number of rotatable bonds is 5. The zero-order chi connectivity index (χ0) is 19.6. The lowest BCUT2D eigenvalue weighted by atomic mass is 10.00. The zero-order valence-corrected chi connectivity index (χ0v) is 16.9. The zero-order valence-electron chi connectivity index (χ0n) is 15.3. The topological polar surface area (TPSA) is 70.9 Å². The molecule has 0 saturated heterocycles. The Bertz CT molecular complexity index is 960. The molecule has 1 heterocycles. The average Bonchev–Trinajstić information content (AvgIpc) is 2.63. The Kier molecular flexibility index (Phi) is 5.86. The van der Waals surface area contributed by atoms with Crippen LogP contribution in [0.2, 0.25) is 5.02 Å². The van der Waals surface area contributed by atoms with Crippen LogP contribution in [-0.4, -0.2) is 45.8 Å². The minimum absolute atomic E-state index is 0.0220. The van der Waals surface area contributed by atoms with Gasteiger partial charge in [0.2, 0.25) is 10.0 Å². The Morgan fingerprint density at radius 1 is 1.19 bits per heavy atom. The van der Waals surface area contributed by atoms with Gasteiger partial charge in [-0.25, -0.2) is 12.7 Å². The highest BCUT2D eigenvalue weighted by Crippen LogP contribution is 2.26. The van der Waals surface area contributed by atoms with E-state index in [0.29, 0.717) is 12.2 Å². The van der Waals surface area contributed by atoms with E-state index < -0.39 is 10.0 Å². The third-order valence-electron chi connectivity index (χ3n) is 4.69. The van der Waals surface area contributed by atoms with Gasteiger partial charge in [-0.15, -0.1) is 0 Å². The first kappa shape index (κ1) is 19.8. The van der Waals surface area contributed by atoms with Gasteiger partial charge in [0, 0.05) is 31.8 Å². The van der Waals surface area contributed by atoms with Gasteiger partial charge < -0.3 is 10.2 Å². The number of nitrogens with zero attached hydrogens (tertiary/aromatic N) is 1. The summed E-state index contributed by atoms with van der Waals surface area (Å²) in [6.45, 7) is 2.03. The van der Waals surface area contributed by atoms with E-state index in [0.717, 1.165) is 23.8 Å². The van der Waals surface area contributed by atoms with Crippen molar-refractivity contribution in [3.63, 3.8) is 0 Å². The summed E-state index contributed by atoms with van der Waals surface area (Å²) in [7, 11) is -0.804. The van der Waals surface area contributed by atoms with Crippen LogP contribution in [0.4, 0.5) is 5.69 Å². The van der Waals surface area contributed by atoms with Crippen molar-refractivity contribution in [1.29, 1.82) is 0 Å². The number of anilines is 1. The lowest BCUT2D eigenvalue weighted by Crippen LogP contribution is -3.12. The average molecular weight is 409 g/mol. The molecule has 0 fully saturated rings. The summed E-state index contributed by atoms with van der Waals surface area (Å²) >= 11 is 6.04. The van der Waals surface area contributed by atoms with E-state index in [2.05, 4.69) is 17.4 Å². The molecule has 3 rings (SSSR count). The number of hydrogen-bond acceptors (Lipinski definition) is 3. The highest BCUT2D eigenvalue weighted by atomic mass is 35.5. The van der Waals surface area contributed by atoms with Crippen molar-refractivity contribution < 1.29 is 18.1 Å². The van der Waals surface area contributed by atoms with Gasteiger partial charge >= 0.3 is 0 Å². The fraction of sp³-hybridized carbons (Fsp3) is 0.316. The molecule has 2 aromatic carbocycles. The van der Waals surface area contributed by atoms with Crippen LogP contribution in [0.5, 0.6) is 0 Å². The van der Waals surface area contributed by atoms with Crippen LogP contribution < -0.4 is 10.2 Å². The quantitative estimate of drug-likeness (QED) is 0.780. The molecule has 2 N–H and O–H groups in total. The van der Waals surface area contributed by atoms with Gasteiger partial charge in [-0.3, -0.25) is 4.79 Å². The van der Waals surface area contributed by atoms with E-state index in [1.54, 1.807) is 6.07 Å². The molecule has 1 aliphatic heterocycles. The van der Waals surface area contributed by atoms with Crippen LogP contribution >= 0.6 is 11.6 Å². The lowest BCUT2D eigenvalue weighted by Gasteiger charge is -2.25. The van der Waals surface area contributed by atoms with E-state index in [1.165, 1.54) is 42.3 Å². The van der Waals surface area contributed by atoms with E-state index in [-0.39, 0.29) is 15.8 Å². The first-order valence-corrected chi connectivity index (χ1v) is 10.5. The molecular weight excluding hydrogens is 386 g/mol. The van der Waals surface area contributed by atoms with Gasteiger partial charge in [-0.05, 0) is 23.8 Å². The Hall–Kier alpha value is -1.93. The maximum atomic E-state index is 12.4. The van der Waals surface area contributed by atoms with Crippen molar-refractivity contribution in [3.05, 3.63) is 58.6 Å². The van der Waals surface area contributed by atoms with Gasteiger partial charge in [0.25, 0.3) is 5.91 Å². The smallest absolute Gasteiger partial charge is 0.279 e. The van der Waals surface area contributed by atoms with E-state index in [1.807, 2.05) is 12.1 Å². The summed E-state index contributed by atoms with van der Waals surface area (Å²) in [5.41, 5.74) is 3.04. The van der Waals surface area contributed by atoms with Gasteiger partial charge in [0.05, 0.1) is 11.6 Å². The summed E-state index contributed by atoms with van der Waals surface area (Å²) in [4.78, 5) is 13.6. The minimum atomic E-state index is -3.68. The fourth-order valence-corrected chi connectivity index (χ4v) is 4.60. The first-order valence-electron chi connectivity index (χ1n) is 8.69. The maximum absolute atomic E-state index is 12.4. The van der Waals surface area contributed by atoms with Crippen LogP contribution in [0.1, 0.15) is 11.1 Å². The Labute approximate surface area is 164 Å². The highest BCUT2D eigenvalue weighted by Gasteiger charge is 2.23. The second kappa shape index (κ2) is 7.98. The van der Waals surface area contributed by atoms with Crippen LogP contribution in [-0.2, 0) is 27.8 Å². The molecule has 0 aromatic heterocycles. The normalized spacial score (nSPS) is 16.8. The Morgan fingerprint density at radius 2 is 1.89 bits per heavy atom. The maximum Gasteiger partial charge on any atom is 0.279 e. The number of amides is 1. The van der Waals surface area contributed by atoms with Crippen molar-refractivity contribution >= 4 is 33.2 Å². The molecule has 0 aliphatic carbocycles. The molecule has 1 atom stereocenters. The number of hydrogen-bond donors (Lipinski definition) is 2. The second-order valence-electron chi connectivity index (χ2n) is 6.85. The van der Waals surface area contributed by atoms with Crippen LogP contribution in [0.25, 0.3) is 0 Å². The number of nitrogens with one attached hydrogen (secondary N) is 2. The predicted molar refractivity (Wildman–Crippen MR) is 106 cm³/mol. The van der Waals surface area contributed by atoms with E-state index in [9.17, 15) is 13.2 Å². The molecule has 0 radical (unpaired) electrons. The molecule has 1 aliphatic rings. The second-order valence-corrected chi connectivity index (χ2v) is 9.38. The molecule has 6 nitrogen and oxygen atoms in total. The van der Waals surface area contributed by atoms with Crippen molar-refractivity contribution in [2.45, 2.75) is 17.9 Å². The van der Waals surface area contributed by atoms with Crippen molar-refractivity contribution in [2.75, 3.05) is 32.5 Å². The summed E-state index contributed by atoms with van der Waals surface area (Å²) in [6, 6.07) is 12.8. The van der Waals surface area contributed by atoms with Gasteiger partial charge in [0.1, 0.15) is 11.4 Å². The number of benzene rings is 2. The molecule has 2 aromatic rings. The van der Waals surface area contributed by atoms with Gasteiger partial charge in [-0.1, -0.05) is 35.9 Å². The molecule has 8 heteroatoms. The number of sulfonamides is 1. The third-order valence-corrected chi connectivity index (χ3v) is 6.99. The van der Waals surface area contributed by atoms with E-state index >= 15 is 0 Å². The number of halogens is 1. The SMILES string of the molecule is CN(C)S(=O)(=O)c1cc(NC(=O)C[NH+]2CCc3ccccc3C2)ccc1Cl. The minimum Gasteiger partial charge on any atom is -0.323 e. The predicted octanol–water partition coefficient (Wildman–Crippen LogP) is 1.17. The monoisotopic (exact) mass is 408 g/mol. The molecule has 1 unspecified atom stereocenters. The number of quaternary nitrogens is 1. The Morgan fingerprint density at radius 3 is 2.59 bits per heavy atom. The van der Waals surface area contributed by atoms with Crippen LogP contribution in [0.3, 0.4) is 0 Å². The van der Waals surface area contributed by atoms with Gasteiger partial charge in [0.15, 0.2) is 6.54 Å². The fourth-order valence-electron chi connectivity index (χ4n) is 3.20. The van der Waals surface area contributed by atoms with Gasteiger partial charge in [-0.2, -0.15) is 0 Å². The lowest BCUT2D eigenvalue weighted by molar-refractivity contribution is -0.907. The van der Waals surface area contributed by atoms with Crippen LogP contribution in [0.15, 0.2) is 47.4 Å². The summed E-state index contributed by atoms with van der Waals surface area (Å²) in [5, 5.41) is 2.92. The molecule has 27 heavy (non-hydrogen) atoms. The molecule has 144 valence electrons. The summed E-state index contributed by atoms with van der Waals surface area (Å²) < 4.78 is 25.8. The standard InChI is InChI=1S/C19H22ClN3O3S/c1-22(2)27(25,26)18-11-16(7-8-17(18)20)21-19(24)13-23-10-9-14-5-3-4-6-15(14)12-23/h3-8,11H,9-10,12-13H2,1-2H3,(H,21,24)/p+1. The Balaban J connectivity index is 1.68. The molecule has 0 bridgehead atoms. The van der Waals surface area contributed by atoms with Crippen molar-refractivity contribution in [3.8, 4) is 0 Å². The molecule has 0 spiro atoms. The number of fused-ring (bicyclic) bond motifs is 1. The third kappa shape index (κ3) is 4.50.